The molecule has 0 unspecified atom stereocenters. The summed E-state index contributed by atoms with van der Waals surface area (Å²) in [6, 6.07) is 15.6. The van der Waals surface area contributed by atoms with Gasteiger partial charge in [0.1, 0.15) is 35.4 Å². The third kappa shape index (κ3) is 4.47. The highest BCUT2D eigenvalue weighted by Crippen LogP contribution is 2.33. The number of anilines is 2. The van der Waals surface area contributed by atoms with E-state index in [2.05, 4.69) is 20.6 Å². The Balaban J connectivity index is 1.83. The van der Waals surface area contributed by atoms with Gasteiger partial charge in [-0.05, 0) is 30.7 Å². The van der Waals surface area contributed by atoms with Gasteiger partial charge in [-0.25, -0.2) is 14.4 Å². The van der Waals surface area contributed by atoms with Crippen molar-refractivity contribution in [1.82, 2.24) is 20.3 Å². The maximum absolute atomic E-state index is 14.2. The molecule has 4 N–H and O–H groups in total. The molecule has 8 nitrogen and oxygen atoms in total. The van der Waals surface area contributed by atoms with Gasteiger partial charge in [-0.15, -0.1) is 0 Å². The molecule has 2 aromatic carbocycles. The Morgan fingerprint density at radius 2 is 1.97 bits per heavy atom. The van der Waals surface area contributed by atoms with E-state index in [1.165, 1.54) is 18.5 Å². The van der Waals surface area contributed by atoms with Crippen molar-refractivity contribution < 1.29 is 9.18 Å². The molecule has 0 bridgehead atoms. The molecule has 170 valence electrons. The van der Waals surface area contributed by atoms with Crippen molar-refractivity contribution in [2.45, 2.75) is 13.3 Å². The lowest BCUT2D eigenvalue weighted by Gasteiger charge is -2.18. The number of nitrogens with two attached hydrogens (primary N) is 1. The van der Waals surface area contributed by atoms with Gasteiger partial charge in [-0.1, -0.05) is 30.3 Å². The summed E-state index contributed by atoms with van der Waals surface area (Å²) in [6.45, 7) is 2.61. The second kappa shape index (κ2) is 9.92. The summed E-state index contributed by atoms with van der Waals surface area (Å²) in [5.74, 6) is -0.333. The molecule has 2 heterocycles. The number of nitrogens with one attached hydrogen (secondary N) is 2. The SMILES string of the molecule is CCNC(=O)c1c(-c2ccccc2)c(CCNc2ncnc(N)c2C#N)nc2ccc(F)cc12. The quantitative estimate of drug-likeness (QED) is 0.387. The number of nitrogens with zero attached hydrogens (tertiary/aromatic N) is 4. The molecule has 0 atom stereocenters. The standard InChI is InChI=1S/C25H22FN7O/c1-2-29-25(34)22-17-12-16(26)8-9-19(17)33-20(21(22)15-6-4-3-5-7-15)10-11-30-24-18(13-27)23(28)31-14-32-24/h3-9,12,14H,2,10-11H2,1H3,(H,29,34)(H3,28,30,31,32). The van der Waals surface area contributed by atoms with Gasteiger partial charge in [0.2, 0.25) is 0 Å². The molecular weight excluding hydrogens is 433 g/mol. The van der Waals surface area contributed by atoms with Crippen molar-refractivity contribution in [3.05, 3.63) is 77.5 Å². The number of hydrogen-bond acceptors (Lipinski definition) is 7. The fourth-order valence-electron chi connectivity index (χ4n) is 3.81. The van der Waals surface area contributed by atoms with Gasteiger partial charge in [-0.2, -0.15) is 5.26 Å². The van der Waals surface area contributed by atoms with Crippen LogP contribution in [0, 0.1) is 17.1 Å². The molecule has 0 fully saturated rings. The van der Waals surface area contributed by atoms with Gasteiger partial charge in [0.15, 0.2) is 0 Å². The smallest absolute Gasteiger partial charge is 0.252 e. The van der Waals surface area contributed by atoms with Crippen LogP contribution in [0.2, 0.25) is 0 Å². The normalized spacial score (nSPS) is 10.6. The molecule has 0 saturated carbocycles. The average Bonchev–Trinajstić information content (AvgIpc) is 2.84. The van der Waals surface area contributed by atoms with Gasteiger partial charge < -0.3 is 16.4 Å². The molecule has 0 aliphatic heterocycles. The fraction of sp³-hybridized carbons (Fsp3) is 0.160. The molecular formula is C25H22FN7O. The van der Waals surface area contributed by atoms with E-state index in [1.54, 1.807) is 6.07 Å². The minimum absolute atomic E-state index is 0.0920. The minimum Gasteiger partial charge on any atom is -0.382 e. The van der Waals surface area contributed by atoms with Crippen LogP contribution in [0.1, 0.15) is 28.5 Å². The predicted octanol–water partition coefficient (Wildman–Crippen LogP) is 3.69. The second-order valence-electron chi connectivity index (χ2n) is 7.47. The number of fused-ring (bicyclic) bond motifs is 1. The first-order chi connectivity index (χ1) is 16.5. The number of nitriles is 1. The largest absolute Gasteiger partial charge is 0.382 e. The van der Waals surface area contributed by atoms with Crippen molar-refractivity contribution >= 4 is 28.4 Å². The third-order valence-corrected chi connectivity index (χ3v) is 5.29. The highest BCUT2D eigenvalue weighted by Gasteiger charge is 2.22. The van der Waals surface area contributed by atoms with Gasteiger partial charge in [0.05, 0.1) is 16.8 Å². The summed E-state index contributed by atoms with van der Waals surface area (Å²) in [7, 11) is 0. The topological polar surface area (TPSA) is 130 Å². The molecule has 9 heteroatoms. The zero-order valence-corrected chi connectivity index (χ0v) is 18.5. The molecule has 2 aromatic heterocycles. The highest BCUT2D eigenvalue weighted by atomic mass is 19.1. The van der Waals surface area contributed by atoms with Crippen LogP contribution >= 0.6 is 0 Å². The molecule has 0 aliphatic carbocycles. The van der Waals surface area contributed by atoms with E-state index in [9.17, 15) is 14.4 Å². The van der Waals surface area contributed by atoms with Crippen molar-refractivity contribution in [1.29, 1.82) is 5.26 Å². The Morgan fingerprint density at radius 1 is 1.18 bits per heavy atom. The van der Waals surface area contributed by atoms with E-state index in [1.807, 2.05) is 43.3 Å². The van der Waals surface area contributed by atoms with Crippen LogP contribution in [0.15, 0.2) is 54.9 Å². The molecule has 0 radical (unpaired) electrons. The minimum atomic E-state index is -0.446. The zero-order chi connectivity index (χ0) is 24.1. The summed E-state index contributed by atoms with van der Waals surface area (Å²) >= 11 is 0. The summed E-state index contributed by atoms with van der Waals surface area (Å²) in [6.07, 6.45) is 1.68. The number of hydrogen-bond donors (Lipinski definition) is 3. The van der Waals surface area contributed by atoms with Crippen molar-refractivity contribution in [2.24, 2.45) is 0 Å². The lowest BCUT2D eigenvalue weighted by atomic mass is 9.92. The van der Waals surface area contributed by atoms with Crippen LogP contribution in [0.25, 0.3) is 22.0 Å². The van der Waals surface area contributed by atoms with E-state index >= 15 is 0 Å². The molecule has 34 heavy (non-hydrogen) atoms. The van der Waals surface area contributed by atoms with E-state index < -0.39 is 5.82 Å². The van der Waals surface area contributed by atoms with E-state index in [0.717, 1.165) is 5.56 Å². The van der Waals surface area contributed by atoms with E-state index in [4.69, 9.17) is 10.7 Å². The monoisotopic (exact) mass is 455 g/mol. The Labute approximate surface area is 195 Å². The molecule has 1 amide bonds. The van der Waals surface area contributed by atoms with Crippen LogP contribution in [-0.2, 0) is 6.42 Å². The number of halogens is 1. The lowest BCUT2D eigenvalue weighted by Crippen LogP contribution is -2.24. The van der Waals surface area contributed by atoms with Crippen molar-refractivity contribution in [3.63, 3.8) is 0 Å². The van der Waals surface area contributed by atoms with E-state index in [0.29, 0.717) is 53.1 Å². The number of carbonyl (C=O) groups is 1. The van der Waals surface area contributed by atoms with E-state index in [-0.39, 0.29) is 17.3 Å². The highest BCUT2D eigenvalue weighted by molar-refractivity contribution is 6.12. The number of amides is 1. The van der Waals surface area contributed by atoms with Gasteiger partial charge >= 0.3 is 0 Å². The number of nitrogen functional groups attached to an aromatic ring is 1. The van der Waals surface area contributed by atoms with Crippen molar-refractivity contribution in [3.8, 4) is 17.2 Å². The van der Waals surface area contributed by atoms with Crippen molar-refractivity contribution in [2.75, 3.05) is 24.1 Å². The van der Waals surface area contributed by atoms with Crippen LogP contribution < -0.4 is 16.4 Å². The molecule has 0 spiro atoms. The summed E-state index contributed by atoms with van der Waals surface area (Å²) in [4.78, 5) is 25.9. The summed E-state index contributed by atoms with van der Waals surface area (Å²) in [5, 5.41) is 15.8. The second-order valence-corrected chi connectivity index (χ2v) is 7.47. The van der Waals surface area contributed by atoms with Crippen LogP contribution in [0.3, 0.4) is 0 Å². The molecule has 0 saturated heterocycles. The first-order valence-corrected chi connectivity index (χ1v) is 10.7. The first kappa shape index (κ1) is 22.6. The van der Waals surface area contributed by atoms with Crippen LogP contribution in [0.4, 0.5) is 16.0 Å². The summed E-state index contributed by atoms with van der Waals surface area (Å²) in [5.41, 5.74) is 8.90. The number of aromatic nitrogens is 3. The lowest BCUT2D eigenvalue weighted by molar-refractivity contribution is 0.0958. The van der Waals surface area contributed by atoms with Crippen LogP contribution in [-0.4, -0.2) is 33.9 Å². The maximum Gasteiger partial charge on any atom is 0.252 e. The van der Waals surface area contributed by atoms with Gasteiger partial charge in [-0.3, -0.25) is 9.78 Å². The molecule has 4 rings (SSSR count). The third-order valence-electron chi connectivity index (χ3n) is 5.29. The maximum atomic E-state index is 14.2. The Bertz CT molecular complexity index is 1400. The number of rotatable bonds is 7. The summed E-state index contributed by atoms with van der Waals surface area (Å²) < 4.78 is 14.2. The van der Waals surface area contributed by atoms with Crippen LogP contribution in [0.5, 0.6) is 0 Å². The Kier molecular flexibility index (Phi) is 6.59. The number of pyridine rings is 1. The first-order valence-electron chi connectivity index (χ1n) is 10.7. The molecule has 4 aromatic rings. The van der Waals surface area contributed by atoms with Gasteiger partial charge in [0, 0.05) is 30.5 Å². The number of benzene rings is 2. The Morgan fingerprint density at radius 3 is 2.71 bits per heavy atom. The fourth-order valence-corrected chi connectivity index (χ4v) is 3.81. The predicted molar refractivity (Wildman–Crippen MR) is 128 cm³/mol. The molecule has 0 aliphatic rings. The zero-order valence-electron chi connectivity index (χ0n) is 18.5. The Hall–Kier alpha value is -4.58. The number of carbonyl (C=O) groups excluding carboxylic acids is 1. The van der Waals surface area contributed by atoms with Gasteiger partial charge in [0.25, 0.3) is 5.91 Å². The average molecular weight is 455 g/mol.